The molecule has 0 aliphatic carbocycles. The Morgan fingerprint density at radius 1 is 1.00 bits per heavy atom. The summed E-state index contributed by atoms with van der Waals surface area (Å²) >= 11 is 1.51. The van der Waals surface area contributed by atoms with Crippen molar-refractivity contribution in [3.63, 3.8) is 0 Å². The molecular formula is C23H19N9OS. The number of amides is 1. The Morgan fingerprint density at radius 2 is 1.85 bits per heavy atom. The molecule has 3 aromatic heterocycles. The summed E-state index contributed by atoms with van der Waals surface area (Å²) in [4.78, 5) is 22.2. The monoisotopic (exact) mass is 469 g/mol. The second kappa shape index (κ2) is 10.0. The third-order valence-electron chi connectivity index (χ3n) is 4.97. The molecule has 0 aliphatic rings. The van der Waals surface area contributed by atoms with E-state index in [4.69, 9.17) is 0 Å². The number of nitrogens with one attached hydrogen (secondary N) is 1. The molecule has 34 heavy (non-hydrogen) atoms. The van der Waals surface area contributed by atoms with Gasteiger partial charge in [0, 0.05) is 23.2 Å². The minimum atomic E-state index is -0.181. The van der Waals surface area contributed by atoms with Crippen LogP contribution in [0.3, 0.4) is 0 Å². The summed E-state index contributed by atoms with van der Waals surface area (Å²) in [5.74, 6) is 1.64. The van der Waals surface area contributed by atoms with Crippen LogP contribution in [0, 0.1) is 0 Å². The Balaban J connectivity index is 1.29. The quantitative estimate of drug-likeness (QED) is 0.345. The minimum absolute atomic E-state index is 0.181. The number of thioether (sulfide) groups is 1. The molecule has 0 saturated heterocycles. The van der Waals surface area contributed by atoms with Gasteiger partial charge in [-0.2, -0.15) is 9.78 Å². The second-order valence-electron chi connectivity index (χ2n) is 7.14. The molecule has 0 spiro atoms. The first-order valence-corrected chi connectivity index (χ1v) is 11.4. The van der Waals surface area contributed by atoms with Gasteiger partial charge in [-0.3, -0.25) is 4.79 Å². The van der Waals surface area contributed by atoms with E-state index in [0.29, 0.717) is 29.5 Å². The third kappa shape index (κ3) is 4.69. The topological polar surface area (TPSA) is 116 Å². The van der Waals surface area contributed by atoms with Crippen molar-refractivity contribution in [2.75, 3.05) is 0 Å². The largest absolute Gasteiger partial charge is 0.348 e. The lowest BCUT2D eigenvalue weighted by Crippen LogP contribution is -2.24. The van der Waals surface area contributed by atoms with Gasteiger partial charge in [-0.25, -0.2) is 14.6 Å². The number of carbonyl (C=O) groups is 1. The summed E-state index contributed by atoms with van der Waals surface area (Å²) < 4.78 is 3.27. The van der Waals surface area contributed by atoms with E-state index >= 15 is 0 Å². The van der Waals surface area contributed by atoms with E-state index in [-0.39, 0.29) is 5.91 Å². The van der Waals surface area contributed by atoms with E-state index in [2.05, 4.69) is 35.9 Å². The number of tetrazole rings is 1. The minimum Gasteiger partial charge on any atom is -0.348 e. The van der Waals surface area contributed by atoms with E-state index in [1.165, 1.54) is 18.1 Å². The molecule has 0 fully saturated rings. The van der Waals surface area contributed by atoms with Crippen LogP contribution in [0.25, 0.3) is 11.5 Å². The van der Waals surface area contributed by atoms with Crippen LogP contribution in [0.1, 0.15) is 21.7 Å². The van der Waals surface area contributed by atoms with Crippen LogP contribution >= 0.6 is 11.8 Å². The summed E-state index contributed by atoms with van der Waals surface area (Å²) in [6, 6.07) is 20.9. The Kier molecular flexibility index (Phi) is 6.34. The van der Waals surface area contributed by atoms with Crippen LogP contribution in [0.2, 0.25) is 0 Å². The highest BCUT2D eigenvalue weighted by Gasteiger charge is 2.15. The van der Waals surface area contributed by atoms with Crippen molar-refractivity contribution in [3.05, 3.63) is 103 Å². The second-order valence-corrected chi connectivity index (χ2v) is 8.15. The van der Waals surface area contributed by atoms with Gasteiger partial charge in [0.25, 0.3) is 5.91 Å². The zero-order chi connectivity index (χ0) is 23.2. The summed E-state index contributed by atoms with van der Waals surface area (Å²) in [5.41, 5.74) is 2.29. The highest BCUT2D eigenvalue weighted by molar-refractivity contribution is 7.98. The summed E-state index contributed by atoms with van der Waals surface area (Å²) in [5, 5.41) is 19.2. The molecule has 0 atom stereocenters. The summed E-state index contributed by atoms with van der Waals surface area (Å²) in [6.45, 7) is 0.299. The van der Waals surface area contributed by atoms with Crippen LogP contribution in [0.15, 0.2) is 90.5 Å². The van der Waals surface area contributed by atoms with Crippen LogP contribution in [-0.2, 0) is 12.3 Å². The Morgan fingerprint density at radius 3 is 2.71 bits per heavy atom. The van der Waals surface area contributed by atoms with E-state index in [1.54, 1.807) is 28.0 Å². The van der Waals surface area contributed by atoms with Gasteiger partial charge in [-0.05, 0) is 40.8 Å². The van der Waals surface area contributed by atoms with Gasteiger partial charge in [0.05, 0.1) is 17.0 Å². The average molecular weight is 470 g/mol. The zero-order valence-corrected chi connectivity index (χ0v) is 18.7. The first-order valence-electron chi connectivity index (χ1n) is 10.4. The standard InChI is InChI=1S/C23H19N9OS/c33-23(26-13-17-7-6-12-25-22(17)31-16-24-15-27-31)19-10-4-5-11-20(19)34-14-21-28-29-30-32(21)18-8-2-1-3-9-18/h1-12,15-16H,13-14H2,(H,26,33). The van der Waals surface area contributed by atoms with E-state index in [9.17, 15) is 4.79 Å². The number of nitrogens with zero attached hydrogens (tertiary/aromatic N) is 8. The fraction of sp³-hybridized carbons (Fsp3) is 0.0870. The van der Waals surface area contributed by atoms with E-state index in [1.807, 2.05) is 60.7 Å². The van der Waals surface area contributed by atoms with Crippen molar-refractivity contribution in [2.24, 2.45) is 0 Å². The molecule has 11 heteroatoms. The van der Waals surface area contributed by atoms with Gasteiger partial charge >= 0.3 is 0 Å². The average Bonchev–Trinajstić information content (AvgIpc) is 3.59. The molecular weight excluding hydrogens is 450 g/mol. The zero-order valence-electron chi connectivity index (χ0n) is 17.9. The Labute approximate surface area is 199 Å². The van der Waals surface area contributed by atoms with Gasteiger partial charge in [-0.1, -0.05) is 36.4 Å². The normalized spacial score (nSPS) is 10.8. The number of benzene rings is 2. The molecule has 5 aromatic rings. The molecule has 5 rings (SSSR count). The number of aromatic nitrogens is 8. The number of para-hydroxylation sites is 1. The van der Waals surface area contributed by atoms with E-state index in [0.717, 1.165) is 16.1 Å². The Bertz CT molecular complexity index is 1390. The molecule has 10 nitrogen and oxygen atoms in total. The maximum Gasteiger partial charge on any atom is 0.252 e. The maximum atomic E-state index is 13.1. The number of hydrogen-bond acceptors (Lipinski definition) is 8. The van der Waals surface area contributed by atoms with Crippen molar-refractivity contribution in [1.29, 1.82) is 0 Å². The van der Waals surface area contributed by atoms with Crippen molar-refractivity contribution in [3.8, 4) is 11.5 Å². The van der Waals surface area contributed by atoms with Crippen LogP contribution in [0.5, 0.6) is 0 Å². The fourth-order valence-electron chi connectivity index (χ4n) is 3.35. The number of carbonyl (C=O) groups excluding carboxylic acids is 1. The summed E-state index contributed by atoms with van der Waals surface area (Å²) in [7, 11) is 0. The lowest BCUT2D eigenvalue weighted by Gasteiger charge is -2.12. The molecule has 0 radical (unpaired) electrons. The van der Waals surface area contributed by atoms with Crippen molar-refractivity contribution >= 4 is 17.7 Å². The molecule has 0 aliphatic heterocycles. The van der Waals surface area contributed by atoms with Gasteiger partial charge in [0.15, 0.2) is 11.6 Å². The molecule has 3 heterocycles. The van der Waals surface area contributed by atoms with Crippen LogP contribution in [0.4, 0.5) is 0 Å². The first-order chi connectivity index (χ1) is 16.8. The molecule has 168 valence electrons. The molecule has 1 amide bonds. The van der Waals surface area contributed by atoms with Gasteiger partial charge in [0.2, 0.25) is 0 Å². The Hall–Kier alpha value is -4.38. The van der Waals surface area contributed by atoms with Gasteiger partial charge < -0.3 is 5.32 Å². The van der Waals surface area contributed by atoms with Crippen LogP contribution in [-0.4, -0.2) is 45.9 Å². The highest BCUT2D eigenvalue weighted by atomic mass is 32.2. The fourth-order valence-corrected chi connectivity index (χ4v) is 4.31. The molecule has 0 saturated carbocycles. The number of rotatable bonds is 8. The van der Waals surface area contributed by atoms with Crippen molar-refractivity contribution in [1.82, 2.24) is 45.3 Å². The summed E-state index contributed by atoms with van der Waals surface area (Å²) in [6.07, 6.45) is 4.69. The molecule has 0 unspecified atom stereocenters. The van der Waals surface area contributed by atoms with Gasteiger partial charge in [-0.15, -0.1) is 16.9 Å². The number of hydrogen-bond donors (Lipinski definition) is 1. The predicted octanol–water partition coefficient (Wildman–Crippen LogP) is 2.86. The van der Waals surface area contributed by atoms with Crippen LogP contribution < -0.4 is 5.32 Å². The smallest absolute Gasteiger partial charge is 0.252 e. The predicted molar refractivity (Wildman–Crippen MR) is 125 cm³/mol. The third-order valence-corrected chi connectivity index (χ3v) is 6.04. The lowest BCUT2D eigenvalue weighted by atomic mass is 10.2. The first kappa shape index (κ1) is 21.5. The number of pyridine rings is 1. The SMILES string of the molecule is O=C(NCc1cccnc1-n1cncn1)c1ccccc1SCc1nnnn1-c1ccccc1. The van der Waals surface area contributed by atoms with Crippen molar-refractivity contribution in [2.45, 2.75) is 17.2 Å². The van der Waals surface area contributed by atoms with Gasteiger partial charge in [0.1, 0.15) is 12.7 Å². The highest BCUT2D eigenvalue weighted by Crippen LogP contribution is 2.26. The molecule has 2 aromatic carbocycles. The van der Waals surface area contributed by atoms with Crippen molar-refractivity contribution < 1.29 is 4.79 Å². The maximum absolute atomic E-state index is 13.1. The van der Waals surface area contributed by atoms with E-state index < -0.39 is 0 Å². The molecule has 0 bridgehead atoms. The molecule has 1 N–H and O–H groups in total. The lowest BCUT2D eigenvalue weighted by molar-refractivity contribution is 0.0948.